The van der Waals surface area contributed by atoms with Crippen LogP contribution in [0.2, 0.25) is 0 Å². The van der Waals surface area contributed by atoms with E-state index in [2.05, 4.69) is 144 Å². The zero-order chi connectivity index (χ0) is 27.4. The van der Waals surface area contributed by atoms with Crippen molar-refractivity contribution in [2.24, 2.45) is 0 Å². The summed E-state index contributed by atoms with van der Waals surface area (Å²) < 4.78 is 5.18. The second kappa shape index (κ2) is 8.19. The van der Waals surface area contributed by atoms with Crippen LogP contribution < -0.4 is 0 Å². The van der Waals surface area contributed by atoms with Crippen LogP contribution in [0, 0.1) is 0 Å². The highest BCUT2D eigenvalue weighted by molar-refractivity contribution is 7.26. The van der Waals surface area contributed by atoms with Gasteiger partial charge in [0.1, 0.15) is 0 Å². The van der Waals surface area contributed by atoms with E-state index in [0.717, 1.165) is 0 Å². The van der Waals surface area contributed by atoms with Gasteiger partial charge >= 0.3 is 0 Å². The number of benzene rings is 8. The van der Waals surface area contributed by atoms with E-state index in [1.807, 2.05) is 11.3 Å². The fraction of sp³-hybridized carbons (Fsp3) is 0. The number of hydrogen-bond donors (Lipinski definition) is 0. The van der Waals surface area contributed by atoms with Gasteiger partial charge in [-0.3, -0.25) is 0 Å². The molecule has 8 aromatic carbocycles. The van der Waals surface area contributed by atoms with Crippen molar-refractivity contribution in [2.75, 3.05) is 0 Å². The van der Waals surface area contributed by atoms with Crippen LogP contribution in [0.1, 0.15) is 0 Å². The lowest BCUT2D eigenvalue weighted by Crippen LogP contribution is -1.97. The second-order valence-electron chi connectivity index (χ2n) is 11.3. The summed E-state index contributed by atoms with van der Waals surface area (Å²) in [7, 11) is 0. The molecular weight excluding hydrogens is 527 g/mol. The molecule has 0 atom stereocenters. The van der Waals surface area contributed by atoms with Gasteiger partial charge in [-0.1, -0.05) is 109 Å². The second-order valence-corrected chi connectivity index (χ2v) is 12.4. The molecule has 0 N–H and O–H groups in total. The lowest BCUT2D eigenvalue weighted by Gasteiger charge is -2.17. The summed E-state index contributed by atoms with van der Waals surface area (Å²) in [5.74, 6) is 0. The van der Waals surface area contributed by atoms with Gasteiger partial charge in [0.25, 0.3) is 0 Å². The molecule has 0 amide bonds. The van der Waals surface area contributed by atoms with Crippen LogP contribution in [-0.4, -0.2) is 4.57 Å². The van der Waals surface area contributed by atoms with Crippen LogP contribution in [0.3, 0.4) is 0 Å². The van der Waals surface area contributed by atoms with Gasteiger partial charge in [-0.25, -0.2) is 0 Å². The maximum absolute atomic E-state index is 2.48. The number of para-hydroxylation sites is 1. The lowest BCUT2D eigenvalue weighted by atomic mass is 9.93. The molecule has 0 saturated heterocycles. The van der Waals surface area contributed by atoms with Crippen LogP contribution in [0.4, 0.5) is 0 Å². The Morgan fingerprint density at radius 1 is 0.429 bits per heavy atom. The van der Waals surface area contributed by atoms with E-state index in [4.69, 9.17) is 0 Å². The average Bonchev–Trinajstić information content (AvgIpc) is 3.59. The Balaban J connectivity index is 1.30. The molecular formula is C40H23NS. The lowest BCUT2D eigenvalue weighted by molar-refractivity contribution is 1.20. The molecule has 0 radical (unpaired) electrons. The molecule has 0 unspecified atom stereocenters. The van der Waals surface area contributed by atoms with Crippen molar-refractivity contribution >= 4 is 85.6 Å². The Morgan fingerprint density at radius 2 is 1.12 bits per heavy atom. The van der Waals surface area contributed by atoms with Gasteiger partial charge in [0.2, 0.25) is 0 Å². The average molecular weight is 550 g/mol. The summed E-state index contributed by atoms with van der Waals surface area (Å²) in [5, 5.41) is 13.1. The van der Waals surface area contributed by atoms with Crippen molar-refractivity contribution in [3.05, 3.63) is 140 Å². The molecule has 0 bridgehead atoms. The Labute approximate surface area is 245 Å². The predicted molar refractivity (Wildman–Crippen MR) is 183 cm³/mol. The first-order valence-electron chi connectivity index (χ1n) is 14.4. The van der Waals surface area contributed by atoms with Crippen LogP contribution in [-0.2, 0) is 0 Å². The van der Waals surface area contributed by atoms with Crippen molar-refractivity contribution in [3.8, 4) is 16.8 Å². The van der Waals surface area contributed by atoms with Gasteiger partial charge in [0, 0.05) is 36.3 Å². The van der Waals surface area contributed by atoms with Crippen molar-refractivity contribution in [2.45, 2.75) is 0 Å². The van der Waals surface area contributed by atoms with Gasteiger partial charge in [-0.2, -0.15) is 0 Å². The molecule has 2 aromatic heterocycles. The highest BCUT2D eigenvalue weighted by Gasteiger charge is 2.19. The predicted octanol–water partition coefficient (Wildman–Crippen LogP) is 11.7. The molecule has 0 aliphatic carbocycles. The van der Waals surface area contributed by atoms with Crippen LogP contribution in [0.15, 0.2) is 140 Å². The minimum absolute atomic E-state index is 1.23. The molecule has 0 aliphatic rings. The highest BCUT2D eigenvalue weighted by atomic mass is 32.1. The Bertz CT molecular complexity index is 2690. The summed E-state index contributed by atoms with van der Waals surface area (Å²) in [4.78, 5) is 0. The normalized spacial score (nSPS) is 12.3. The van der Waals surface area contributed by atoms with Crippen LogP contribution >= 0.6 is 11.3 Å². The molecule has 1 nitrogen and oxygen atoms in total. The maximum Gasteiger partial charge on any atom is 0.0547 e. The third-order valence-electron chi connectivity index (χ3n) is 9.12. The van der Waals surface area contributed by atoms with Gasteiger partial charge in [0.15, 0.2) is 0 Å². The van der Waals surface area contributed by atoms with E-state index in [1.54, 1.807) is 0 Å². The number of aromatic nitrogens is 1. The summed E-state index contributed by atoms with van der Waals surface area (Å²) in [6.45, 7) is 0. The van der Waals surface area contributed by atoms with E-state index in [0.29, 0.717) is 0 Å². The quantitative estimate of drug-likeness (QED) is 0.189. The van der Waals surface area contributed by atoms with Crippen molar-refractivity contribution < 1.29 is 0 Å². The number of rotatable bonds is 2. The molecule has 0 saturated carbocycles. The van der Waals surface area contributed by atoms with E-state index in [-0.39, 0.29) is 0 Å². The molecule has 2 heteroatoms. The van der Waals surface area contributed by atoms with Gasteiger partial charge in [-0.05, 0) is 68.4 Å². The molecule has 0 spiro atoms. The Morgan fingerprint density at radius 3 is 2.05 bits per heavy atom. The van der Waals surface area contributed by atoms with E-state index in [9.17, 15) is 0 Å². The Hall–Kier alpha value is -5.18. The van der Waals surface area contributed by atoms with Crippen molar-refractivity contribution in [1.29, 1.82) is 0 Å². The van der Waals surface area contributed by atoms with Crippen molar-refractivity contribution in [1.82, 2.24) is 4.57 Å². The molecule has 10 aromatic rings. The zero-order valence-electron chi connectivity index (χ0n) is 22.6. The van der Waals surface area contributed by atoms with Crippen molar-refractivity contribution in [3.63, 3.8) is 0 Å². The maximum atomic E-state index is 2.48. The molecule has 0 aliphatic heterocycles. The summed E-state index contributed by atoms with van der Waals surface area (Å²) in [6, 6.07) is 51.7. The van der Waals surface area contributed by atoms with Crippen LogP contribution in [0.5, 0.6) is 0 Å². The fourth-order valence-corrected chi connectivity index (χ4v) is 8.54. The number of nitrogens with zero attached hydrogens (tertiary/aromatic N) is 1. The van der Waals surface area contributed by atoms with Gasteiger partial charge in [-0.15, -0.1) is 11.3 Å². The van der Waals surface area contributed by atoms with Gasteiger partial charge < -0.3 is 4.57 Å². The third-order valence-corrected chi connectivity index (χ3v) is 10.3. The third kappa shape index (κ3) is 2.92. The first-order chi connectivity index (χ1) is 20.8. The van der Waals surface area contributed by atoms with Gasteiger partial charge in [0.05, 0.1) is 16.7 Å². The minimum atomic E-state index is 1.23. The Kier molecular flexibility index (Phi) is 4.39. The smallest absolute Gasteiger partial charge is 0.0547 e. The monoisotopic (exact) mass is 549 g/mol. The number of thiophene rings is 1. The summed E-state index contributed by atoms with van der Waals surface area (Å²) >= 11 is 1.89. The summed E-state index contributed by atoms with van der Waals surface area (Å²) in [5.41, 5.74) is 6.27. The topological polar surface area (TPSA) is 4.93 Å². The minimum Gasteiger partial charge on any atom is -0.309 e. The molecule has 194 valence electrons. The number of hydrogen-bond acceptors (Lipinski definition) is 1. The zero-order valence-corrected chi connectivity index (χ0v) is 23.5. The molecule has 0 fully saturated rings. The first kappa shape index (κ1) is 22.5. The molecule has 42 heavy (non-hydrogen) atoms. The first-order valence-corrected chi connectivity index (χ1v) is 15.3. The summed E-state index contributed by atoms with van der Waals surface area (Å²) in [6.07, 6.45) is 0. The van der Waals surface area contributed by atoms with E-state index < -0.39 is 0 Å². The number of fused-ring (bicyclic) bond motifs is 6. The van der Waals surface area contributed by atoms with E-state index in [1.165, 1.54) is 91.1 Å². The fourth-order valence-electron chi connectivity index (χ4n) is 7.30. The van der Waals surface area contributed by atoms with E-state index >= 15 is 0 Å². The molecule has 10 rings (SSSR count). The highest BCUT2D eigenvalue weighted by Crippen LogP contribution is 2.44. The van der Waals surface area contributed by atoms with Crippen LogP contribution in [0.25, 0.3) is 91.1 Å². The largest absolute Gasteiger partial charge is 0.309 e. The SMILES string of the molecule is c1cc2ccc3cccc4c(-n5c6ccccc6c6cc(-c7cccc8c7sc7ccccc78)ccc65)cc(c1)c2c34. The standard InChI is InChI=1S/C40H23NS/c1-3-16-34-29(11-1)33-22-26(28-13-7-14-31-30-12-2-4-17-37(30)42-40(28)31)20-21-35(33)41(34)36-23-27-10-5-8-24-18-19-25-9-6-15-32(36)39(25)38(24)27/h1-23H. The molecule has 2 heterocycles.